The van der Waals surface area contributed by atoms with Crippen molar-refractivity contribution in [1.82, 2.24) is 9.55 Å². The monoisotopic (exact) mass is 552 g/mol. The normalized spacial score (nSPS) is 10.9. The minimum atomic E-state index is -0.422. The molecule has 7 nitrogen and oxygen atoms in total. The number of rotatable bonds is 8. The first-order chi connectivity index (χ1) is 19.4. The summed E-state index contributed by atoms with van der Waals surface area (Å²) in [5, 5.41) is 6.58. The predicted molar refractivity (Wildman–Crippen MR) is 162 cm³/mol. The molecule has 1 aromatic heterocycles. The lowest BCUT2D eigenvalue weighted by Crippen LogP contribution is -2.26. The van der Waals surface area contributed by atoms with E-state index in [-0.39, 0.29) is 5.56 Å². The molecule has 2 N–H and O–H groups in total. The highest BCUT2D eigenvalue weighted by atomic mass is 35.5. The van der Waals surface area contributed by atoms with Gasteiger partial charge >= 0.3 is 6.03 Å². The zero-order valence-corrected chi connectivity index (χ0v) is 23.0. The van der Waals surface area contributed by atoms with Gasteiger partial charge in [-0.25, -0.2) is 9.78 Å². The smallest absolute Gasteiger partial charge is 0.323 e. The van der Waals surface area contributed by atoms with E-state index >= 15 is 0 Å². The summed E-state index contributed by atoms with van der Waals surface area (Å²) in [5.74, 6) is 1.55. The number of halogens is 1. The van der Waals surface area contributed by atoms with Crippen molar-refractivity contribution in [2.24, 2.45) is 0 Å². The van der Waals surface area contributed by atoms with E-state index in [9.17, 15) is 9.59 Å². The maximum Gasteiger partial charge on any atom is 0.323 e. The van der Waals surface area contributed by atoms with Gasteiger partial charge in [0, 0.05) is 22.8 Å². The Kier molecular flexibility index (Phi) is 8.12. The third-order valence-corrected chi connectivity index (χ3v) is 6.84. The van der Waals surface area contributed by atoms with E-state index in [1.807, 2.05) is 36.4 Å². The number of amides is 2. The summed E-state index contributed by atoms with van der Waals surface area (Å²) in [4.78, 5) is 31.1. The Morgan fingerprint density at radius 1 is 0.875 bits per heavy atom. The number of aryl methyl sites for hydroxylation is 1. The average molecular weight is 553 g/mol. The number of hydrogen-bond acceptors (Lipinski definition) is 4. The number of methoxy groups -OCH3 is 1. The van der Waals surface area contributed by atoms with Crippen LogP contribution in [0.15, 0.2) is 95.8 Å². The first kappa shape index (κ1) is 27.0. The van der Waals surface area contributed by atoms with Crippen LogP contribution in [0.25, 0.3) is 22.0 Å². The molecule has 4 aromatic carbocycles. The van der Waals surface area contributed by atoms with Gasteiger partial charge in [-0.3, -0.25) is 9.36 Å². The molecule has 1 heterocycles. The zero-order chi connectivity index (χ0) is 28.1. The Morgan fingerprint density at radius 2 is 1.50 bits per heavy atom. The third kappa shape index (κ3) is 6.16. The van der Waals surface area contributed by atoms with Gasteiger partial charge in [-0.15, -0.1) is 0 Å². The SMILES string of the molecule is CCCc1nc2ccc(NC(=O)Nc3ccc(Cl)cc3)cc2c(=O)n1Cc1ccc(-c2ccc(OC)cc2)cc1. The number of anilines is 2. The molecule has 0 saturated carbocycles. The van der Waals surface area contributed by atoms with E-state index in [1.54, 1.807) is 54.1 Å². The lowest BCUT2D eigenvalue weighted by Gasteiger charge is -2.15. The molecule has 40 heavy (non-hydrogen) atoms. The van der Waals surface area contributed by atoms with Crippen LogP contribution in [0.1, 0.15) is 24.7 Å². The molecule has 5 aromatic rings. The van der Waals surface area contributed by atoms with Crippen molar-refractivity contribution < 1.29 is 9.53 Å². The molecule has 0 spiro atoms. The summed E-state index contributed by atoms with van der Waals surface area (Å²) in [6.07, 6.45) is 1.54. The molecule has 8 heteroatoms. The van der Waals surface area contributed by atoms with Crippen molar-refractivity contribution in [3.05, 3.63) is 118 Å². The number of ether oxygens (including phenoxy) is 1. The van der Waals surface area contributed by atoms with Crippen molar-refractivity contribution in [1.29, 1.82) is 0 Å². The molecule has 2 amide bonds. The number of fused-ring (bicyclic) bond motifs is 1. The molecular formula is C32H29ClN4O3. The van der Waals surface area contributed by atoms with Crippen molar-refractivity contribution in [2.75, 3.05) is 17.7 Å². The minimum absolute atomic E-state index is 0.144. The molecule has 0 atom stereocenters. The van der Waals surface area contributed by atoms with Crippen LogP contribution in [0.4, 0.5) is 16.2 Å². The average Bonchev–Trinajstić information content (AvgIpc) is 2.97. The van der Waals surface area contributed by atoms with Crippen LogP contribution in [0.3, 0.4) is 0 Å². The number of nitrogens with one attached hydrogen (secondary N) is 2. The van der Waals surface area contributed by atoms with Crippen molar-refractivity contribution in [3.8, 4) is 16.9 Å². The van der Waals surface area contributed by atoms with Gasteiger partial charge in [0.25, 0.3) is 5.56 Å². The van der Waals surface area contributed by atoms with Crippen LogP contribution in [0.5, 0.6) is 5.75 Å². The van der Waals surface area contributed by atoms with Crippen molar-refractivity contribution >= 4 is 39.9 Å². The maximum absolute atomic E-state index is 13.7. The van der Waals surface area contributed by atoms with Gasteiger partial charge in [0.15, 0.2) is 0 Å². The fraction of sp³-hybridized carbons (Fsp3) is 0.156. The van der Waals surface area contributed by atoms with Crippen LogP contribution in [-0.4, -0.2) is 22.7 Å². The van der Waals surface area contributed by atoms with Crippen molar-refractivity contribution in [3.63, 3.8) is 0 Å². The van der Waals surface area contributed by atoms with E-state index in [4.69, 9.17) is 21.3 Å². The van der Waals surface area contributed by atoms with Crippen molar-refractivity contribution in [2.45, 2.75) is 26.3 Å². The summed E-state index contributed by atoms with van der Waals surface area (Å²) in [7, 11) is 1.65. The molecule has 0 aliphatic heterocycles. The number of benzene rings is 4. The van der Waals surface area contributed by atoms with Gasteiger partial charge in [0.1, 0.15) is 11.6 Å². The summed E-state index contributed by atoms with van der Waals surface area (Å²) in [6.45, 7) is 2.46. The molecule has 0 fully saturated rings. The molecule has 0 aliphatic carbocycles. The van der Waals surface area contributed by atoms with Crippen LogP contribution >= 0.6 is 11.6 Å². The Balaban J connectivity index is 1.40. The number of hydrogen-bond donors (Lipinski definition) is 2. The van der Waals surface area contributed by atoms with Crippen LogP contribution < -0.4 is 20.9 Å². The summed E-state index contributed by atoms with van der Waals surface area (Å²) in [5.41, 5.74) is 4.72. The van der Waals surface area contributed by atoms with Gasteiger partial charge in [-0.05, 0) is 77.7 Å². The Bertz CT molecular complexity index is 1700. The van der Waals surface area contributed by atoms with E-state index in [0.717, 1.165) is 34.7 Å². The topological polar surface area (TPSA) is 85.3 Å². The highest BCUT2D eigenvalue weighted by Crippen LogP contribution is 2.23. The molecule has 0 aliphatic rings. The number of carbonyl (C=O) groups excluding carboxylic acids is 1. The second kappa shape index (κ2) is 12.1. The maximum atomic E-state index is 13.7. The molecule has 5 rings (SSSR count). The zero-order valence-electron chi connectivity index (χ0n) is 22.3. The van der Waals surface area contributed by atoms with Gasteiger partial charge in [0.05, 0.1) is 24.6 Å². The van der Waals surface area contributed by atoms with Gasteiger partial charge in [0.2, 0.25) is 0 Å². The number of nitrogens with zero attached hydrogens (tertiary/aromatic N) is 2. The number of aromatic nitrogens is 2. The minimum Gasteiger partial charge on any atom is -0.497 e. The Labute approximate surface area is 237 Å². The largest absolute Gasteiger partial charge is 0.497 e. The first-order valence-electron chi connectivity index (χ1n) is 13.0. The van der Waals surface area contributed by atoms with Crippen LogP contribution in [-0.2, 0) is 13.0 Å². The first-order valence-corrected chi connectivity index (χ1v) is 13.4. The third-order valence-electron chi connectivity index (χ3n) is 6.58. The molecular weight excluding hydrogens is 524 g/mol. The molecule has 0 unspecified atom stereocenters. The van der Waals surface area contributed by atoms with E-state index in [2.05, 4.69) is 29.7 Å². The van der Waals surface area contributed by atoms with Gasteiger partial charge < -0.3 is 15.4 Å². The number of urea groups is 1. The van der Waals surface area contributed by atoms with E-state index < -0.39 is 6.03 Å². The van der Waals surface area contributed by atoms with E-state index in [1.165, 1.54) is 0 Å². The molecule has 0 radical (unpaired) electrons. The molecule has 0 bridgehead atoms. The standard InChI is InChI=1S/C32H29ClN4O3/c1-3-4-30-36-29-18-15-26(35-32(39)34-25-13-11-24(33)12-14-25)19-28(29)31(38)37(30)20-21-5-7-22(8-6-21)23-9-16-27(40-2)17-10-23/h5-19H,3-4,20H2,1-2H3,(H2,34,35,39). The van der Waals surface area contributed by atoms with E-state index in [0.29, 0.717) is 40.3 Å². The highest BCUT2D eigenvalue weighted by Gasteiger charge is 2.13. The summed E-state index contributed by atoms with van der Waals surface area (Å²) >= 11 is 5.91. The second-order valence-electron chi connectivity index (χ2n) is 9.41. The lowest BCUT2D eigenvalue weighted by molar-refractivity contribution is 0.262. The summed E-state index contributed by atoms with van der Waals surface area (Å²) in [6, 6.07) is 27.7. The van der Waals surface area contributed by atoms with Crippen LogP contribution in [0.2, 0.25) is 5.02 Å². The number of carbonyl (C=O) groups is 1. The summed E-state index contributed by atoms with van der Waals surface area (Å²) < 4.78 is 6.98. The van der Waals surface area contributed by atoms with Gasteiger partial charge in [-0.2, -0.15) is 0 Å². The highest BCUT2D eigenvalue weighted by molar-refractivity contribution is 6.30. The quantitative estimate of drug-likeness (QED) is 0.210. The Hall–Kier alpha value is -4.62. The fourth-order valence-corrected chi connectivity index (χ4v) is 4.64. The lowest BCUT2D eigenvalue weighted by atomic mass is 10.0. The molecule has 202 valence electrons. The second-order valence-corrected chi connectivity index (χ2v) is 9.85. The van der Waals surface area contributed by atoms with Crippen LogP contribution in [0, 0.1) is 0 Å². The molecule has 0 saturated heterocycles. The predicted octanol–water partition coefficient (Wildman–Crippen LogP) is 7.37. The van der Waals surface area contributed by atoms with Gasteiger partial charge in [-0.1, -0.05) is 54.9 Å². The fourth-order valence-electron chi connectivity index (χ4n) is 4.52. The Morgan fingerprint density at radius 3 is 2.15 bits per heavy atom.